The van der Waals surface area contributed by atoms with Crippen LogP contribution >= 0.6 is 12.4 Å². The highest BCUT2D eigenvalue weighted by Gasteiger charge is 2.15. The summed E-state index contributed by atoms with van der Waals surface area (Å²) in [7, 11) is 1.75. The highest BCUT2D eigenvalue weighted by atomic mass is 35.5. The average molecular weight is 247 g/mol. The summed E-state index contributed by atoms with van der Waals surface area (Å²) in [6.07, 6.45) is 0. The van der Waals surface area contributed by atoms with Crippen LogP contribution in [0.4, 0.5) is 0 Å². The van der Waals surface area contributed by atoms with Crippen LogP contribution in [0.2, 0.25) is 0 Å². The van der Waals surface area contributed by atoms with E-state index in [9.17, 15) is 4.79 Å². The molecule has 1 heterocycles. The second kappa shape index (κ2) is 5.32. The van der Waals surface area contributed by atoms with Gasteiger partial charge in [0.15, 0.2) is 0 Å². The summed E-state index contributed by atoms with van der Waals surface area (Å²) in [6, 6.07) is 1.75. The Morgan fingerprint density at radius 1 is 1.62 bits per heavy atom. The monoisotopic (exact) mass is 246 g/mol. The molecule has 0 bridgehead atoms. The number of amides is 1. The Balaban J connectivity index is 0.00000225. The van der Waals surface area contributed by atoms with Gasteiger partial charge in [0.05, 0.1) is 5.69 Å². The molecular formula is C10H19ClN4O. The van der Waals surface area contributed by atoms with Crippen LogP contribution < -0.4 is 11.1 Å². The van der Waals surface area contributed by atoms with Crippen molar-refractivity contribution in [2.75, 3.05) is 6.54 Å². The summed E-state index contributed by atoms with van der Waals surface area (Å²) in [5.41, 5.74) is 6.75. The fourth-order valence-corrected chi connectivity index (χ4v) is 1.22. The molecule has 16 heavy (non-hydrogen) atoms. The van der Waals surface area contributed by atoms with Gasteiger partial charge in [-0.3, -0.25) is 9.48 Å². The number of aromatic nitrogens is 2. The van der Waals surface area contributed by atoms with Crippen molar-refractivity contribution in [1.82, 2.24) is 15.1 Å². The largest absolute Gasteiger partial charge is 0.349 e. The molecule has 1 aromatic rings. The number of carbonyl (C=O) groups is 1. The molecule has 1 rings (SSSR count). The summed E-state index contributed by atoms with van der Waals surface area (Å²) in [4.78, 5) is 11.7. The SMILES string of the molecule is Cc1cc(C(=O)NCC(C)(C)N)n(C)n1.Cl. The highest BCUT2D eigenvalue weighted by molar-refractivity contribution is 5.92. The van der Waals surface area contributed by atoms with E-state index >= 15 is 0 Å². The summed E-state index contributed by atoms with van der Waals surface area (Å²) < 4.78 is 1.56. The molecule has 0 aromatic carbocycles. The minimum Gasteiger partial charge on any atom is -0.349 e. The van der Waals surface area contributed by atoms with Crippen LogP contribution in [-0.4, -0.2) is 27.8 Å². The Labute approximate surface area is 102 Å². The highest BCUT2D eigenvalue weighted by Crippen LogP contribution is 2.02. The van der Waals surface area contributed by atoms with Crippen molar-refractivity contribution in [3.63, 3.8) is 0 Å². The first-order valence-corrected chi connectivity index (χ1v) is 4.87. The van der Waals surface area contributed by atoms with Gasteiger partial charge in [-0.1, -0.05) is 0 Å². The summed E-state index contributed by atoms with van der Waals surface area (Å²) in [5, 5.41) is 6.87. The molecule has 1 amide bonds. The fraction of sp³-hybridized carbons (Fsp3) is 0.600. The van der Waals surface area contributed by atoms with Crippen LogP contribution in [-0.2, 0) is 7.05 Å². The third-order valence-corrected chi connectivity index (χ3v) is 1.94. The zero-order valence-electron chi connectivity index (χ0n) is 10.1. The molecule has 0 fully saturated rings. The van der Waals surface area contributed by atoms with Crippen molar-refractivity contribution in [1.29, 1.82) is 0 Å². The van der Waals surface area contributed by atoms with E-state index in [1.54, 1.807) is 17.8 Å². The molecule has 3 N–H and O–H groups in total. The number of nitrogens with zero attached hydrogens (tertiary/aromatic N) is 2. The van der Waals surface area contributed by atoms with Gasteiger partial charge in [-0.25, -0.2) is 0 Å². The quantitative estimate of drug-likeness (QED) is 0.821. The van der Waals surface area contributed by atoms with Gasteiger partial charge in [-0.15, -0.1) is 12.4 Å². The number of hydrogen-bond donors (Lipinski definition) is 2. The lowest BCUT2D eigenvalue weighted by Gasteiger charge is -2.18. The molecule has 0 atom stereocenters. The van der Waals surface area contributed by atoms with Crippen molar-refractivity contribution in [2.45, 2.75) is 26.3 Å². The van der Waals surface area contributed by atoms with Gasteiger partial charge in [0, 0.05) is 19.1 Å². The number of rotatable bonds is 3. The Hall–Kier alpha value is -1.07. The first-order chi connectivity index (χ1) is 6.79. The zero-order valence-corrected chi connectivity index (χ0v) is 10.9. The molecule has 1 aromatic heterocycles. The van der Waals surface area contributed by atoms with Crippen molar-refractivity contribution in [3.8, 4) is 0 Å². The molecule has 0 spiro atoms. The van der Waals surface area contributed by atoms with E-state index in [1.165, 1.54) is 0 Å². The third-order valence-electron chi connectivity index (χ3n) is 1.94. The normalized spacial score (nSPS) is 10.8. The minimum absolute atomic E-state index is 0. The first-order valence-electron chi connectivity index (χ1n) is 4.87. The molecule has 0 aliphatic rings. The van der Waals surface area contributed by atoms with Crippen molar-refractivity contribution in [3.05, 3.63) is 17.5 Å². The molecule has 92 valence electrons. The maximum absolute atomic E-state index is 11.7. The van der Waals surface area contributed by atoms with E-state index in [-0.39, 0.29) is 18.3 Å². The van der Waals surface area contributed by atoms with Crippen LogP contribution in [0.15, 0.2) is 6.07 Å². The van der Waals surface area contributed by atoms with Gasteiger partial charge in [-0.05, 0) is 26.8 Å². The Morgan fingerprint density at radius 2 is 2.19 bits per heavy atom. The number of nitrogens with one attached hydrogen (secondary N) is 1. The lowest BCUT2D eigenvalue weighted by molar-refractivity contribution is 0.0936. The smallest absolute Gasteiger partial charge is 0.269 e. The second-order valence-corrected chi connectivity index (χ2v) is 4.47. The summed E-state index contributed by atoms with van der Waals surface area (Å²) in [5.74, 6) is -0.142. The lowest BCUT2D eigenvalue weighted by Crippen LogP contribution is -2.45. The zero-order chi connectivity index (χ0) is 11.6. The van der Waals surface area contributed by atoms with Gasteiger partial charge >= 0.3 is 0 Å². The predicted octanol–water partition coefficient (Wildman–Crippen LogP) is 0.617. The van der Waals surface area contributed by atoms with Crippen LogP contribution in [0.3, 0.4) is 0 Å². The van der Waals surface area contributed by atoms with E-state index in [0.29, 0.717) is 12.2 Å². The molecule has 0 unspecified atom stereocenters. The van der Waals surface area contributed by atoms with E-state index in [0.717, 1.165) is 5.69 Å². The number of halogens is 1. The number of nitrogens with two attached hydrogens (primary N) is 1. The molecule has 0 aliphatic heterocycles. The molecule has 5 nitrogen and oxygen atoms in total. The van der Waals surface area contributed by atoms with Crippen molar-refractivity contribution >= 4 is 18.3 Å². The van der Waals surface area contributed by atoms with Crippen LogP contribution in [0.5, 0.6) is 0 Å². The molecule has 0 aliphatic carbocycles. The first kappa shape index (κ1) is 14.9. The number of hydrogen-bond acceptors (Lipinski definition) is 3. The second-order valence-electron chi connectivity index (χ2n) is 4.47. The van der Waals surface area contributed by atoms with Crippen LogP contribution in [0.25, 0.3) is 0 Å². The van der Waals surface area contributed by atoms with Gasteiger partial charge in [0.1, 0.15) is 5.69 Å². The molecular weight excluding hydrogens is 228 g/mol. The fourth-order valence-electron chi connectivity index (χ4n) is 1.22. The summed E-state index contributed by atoms with van der Waals surface area (Å²) in [6.45, 7) is 6.02. The molecule has 6 heteroatoms. The van der Waals surface area contributed by atoms with Gasteiger partial charge in [0.25, 0.3) is 5.91 Å². The number of carbonyl (C=O) groups excluding carboxylic acids is 1. The third kappa shape index (κ3) is 4.20. The molecule has 0 saturated carbocycles. The van der Waals surface area contributed by atoms with Crippen LogP contribution in [0.1, 0.15) is 30.0 Å². The van der Waals surface area contributed by atoms with Crippen LogP contribution in [0, 0.1) is 6.92 Å². The molecule has 0 saturated heterocycles. The lowest BCUT2D eigenvalue weighted by atomic mass is 10.1. The van der Waals surface area contributed by atoms with Crippen molar-refractivity contribution < 1.29 is 4.79 Å². The topological polar surface area (TPSA) is 72.9 Å². The van der Waals surface area contributed by atoms with E-state index in [1.807, 2.05) is 20.8 Å². The summed E-state index contributed by atoms with van der Waals surface area (Å²) >= 11 is 0. The maximum atomic E-state index is 11.7. The Bertz CT molecular complexity index is 367. The van der Waals surface area contributed by atoms with E-state index in [4.69, 9.17) is 5.73 Å². The Morgan fingerprint density at radius 3 is 2.56 bits per heavy atom. The van der Waals surface area contributed by atoms with E-state index in [2.05, 4.69) is 10.4 Å². The van der Waals surface area contributed by atoms with E-state index < -0.39 is 5.54 Å². The molecule has 0 radical (unpaired) electrons. The van der Waals surface area contributed by atoms with Gasteiger partial charge < -0.3 is 11.1 Å². The van der Waals surface area contributed by atoms with Crippen molar-refractivity contribution in [2.24, 2.45) is 12.8 Å². The predicted molar refractivity (Wildman–Crippen MR) is 65.8 cm³/mol. The van der Waals surface area contributed by atoms with Gasteiger partial charge in [0.2, 0.25) is 0 Å². The van der Waals surface area contributed by atoms with Gasteiger partial charge in [-0.2, -0.15) is 5.10 Å². The Kier molecular flexibility index (Phi) is 4.96. The number of aryl methyl sites for hydroxylation is 2. The standard InChI is InChI=1S/C10H18N4O.ClH/c1-7-5-8(14(4)13-7)9(15)12-6-10(2,3)11;/h5H,6,11H2,1-4H3,(H,12,15);1H. The average Bonchev–Trinajstić information content (AvgIpc) is 2.40. The maximum Gasteiger partial charge on any atom is 0.269 e. The minimum atomic E-state index is -0.400.